The van der Waals surface area contributed by atoms with E-state index in [0.29, 0.717) is 0 Å². The third-order valence-corrected chi connectivity index (χ3v) is 5.78. The lowest BCUT2D eigenvalue weighted by Crippen LogP contribution is -2.30. The van der Waals surface area contributed by atoms with E-state index < -0.39 is 70.9 Å². The number of nitrogen functional groups attached to an aromatic ring is 1. The predicted octanol–water partition coefficient (Wildman–Crippen LogP) is 3.84. The second kappa shape index (κ2) is 10.9. The van der Waals surface area contributed by atoms with Crippen molar-refractivity contribution < 1.29 is 30.7 Å². The largest absolute Gasteiger partial charge is 0.423 e. The van der Waals surface area contributed by atoms with E-state index >= 15 is 0 Å². The monoisotopic (exact) mass is 572 g/mol. The van der Waals surface area contributed by atoms with Crippen molar-refractivity contribution in [2.45, 2.75) is 44.7 Å². The Morgan fingerprint density at radius 1 is 1.12 bits per heavy atom. The minimum atomic E-state index is -4.99. The van der Waals surface area contributed by atoms with Crippen LogP contribution in [0.4, 0.5) is 42.2 Å². The number of rotatable bonds is 8. The van der Waals surface area contributed by atoms with Crippen LogP contribution >= 0.6 is 0 Å². The van der Waals surface area contributed by atoms with Crippen molar-refractivity contribution in [2.24, 2.45) is 0 Å². The van der Waals surface area contributed by atoms with Crippen molar-refractivity contribution in [3.05, 3.63) is 68.5 Å². The third-order valence-electron chi connectivity index (χ3n) is 5.78. The van der Waals surface area contributed by atoms with Crippen LogP contribution in [-0.4, -0.2) is 41.9 Å². The van der Waals surface area contributed by atoms with Crippen molar-refractivity contribution in [3.63, 3.8) is 0 Å². The van der Waals surface area contributed by atoms with Gasteiger partial charge in [0.2, 0.25) is 0 Å². The van der Waals surface area contributed by atoms with Crippen LogP contribution in [0.5, 0.6) is 0 Å². The molecule has 3 aromatic heterocycles. The Morgan fingerprint density at radius 3 is 2.50 bits per heavy atom. The van der Waals surface area contributed by atoms with Crippen LogP contribution in [0.15, 0.2) is 40.4 Å². The molecule has 0 fully saturated rings. The summed E-state index contributed by atoms with van der Waals surface area (Å²) in [5.41, 5.74) is 0.138. The number of benzene rings is 1. The lowest BCUT2D eigenvalue weighted by atomic mass is 10.1. The average molecular weight is 572 g/mol. The van der Waals surface area contributed by atoms with Gasteiger partial charge in [-0.2, -0.15) is 18.3 Å². The lowest BCUT2D eigenvalue weighted by Gasteiger charge is -2.20. The van der Waals surface area contributed by atoms with Gasteiger partial charge in [0.25, 0.3) is 17.5 Å². The number of aromatic nitrogens is 6. The fraction of sp³-hybridized carbons (Fsp3) is 0.304. The van der Waals surface area contributed by atoms with Gasteiger partial charge in [0.15, 0.2) is 5.82 Å². The molecule has 0 bridgehead atoms. The zero-order valence-corrected chi connectivity index (χ0v) is 20.3. The quantitative estimate of drug-likeness (QED) is 0.270. The van der Waals surface area contributed by atoms with E-state index in [-0.39, 0.29) is 28.7 Å². The maximum Gasteiger partial charge on any atom is 0.423 e. The smallest absolute Gasteiger partial charge is 0.383 e. The first-order chi connectivity index (χ1) is 18.8. The topological polar surface area (TPSA) is 144 Å². The van der Waals surface area contributed by atoms with Gasteiger partial charge in [-0.1, -0.05) is 0 Å². The number of hydrogen-bond acceptors (Lipinski definition) is 8. The van der Waals surface area contributed by atoms with Crippen LogP contribution in [0.1, 0.15) is 30.9 Å². The summed E-state index contributed by atoms with van der Waals surface area (Å²) in [5.74, 6) is -1.86. The van der Waals surface area contributed by atoms with E-state index in [2.05, 4.69) is 25.4 Å². The molecule has 4 rings (SSSR count). The minimum Gasteiger partial charge on any atom is -0.383 e. The number of aromatic amines is 1. The van der Waals surface area contributed by atoms with Gasteiger partial charge in [0.05, 0.1) is 46.8 Å². The molecule has 4 aromatic rings. The van der Waals surface area contributed by atoms with Gasteiger partial charge in [-0.15, -0.1) is 0 Å². The molecule has 0 saturated heterocycles. The molecule has 0 spiro atoms. The van der Waals surface area contributed by atoms with Crippen molar-refractivity contribution in [1.82, 2.24) is 29.7 Å². The number of fused-ring (bicyclic) bond motifs is 1. The summed E-state index contributed by atoms with van der Waals surface area (Å²) in [5, 5.41) is 7.18. The Hall–Kier alpha value is -4.57. The van der Waals surface area contributed by atoms with E-state index in [1.54, 1.807) is 5.10 Å². The number of nitrogens with zero attached hydrogens (tertiary/aromatic N) is 5. The Balaban J connectivity index is 1.53. The minimum absolute atomic E-state index is 0.0234. The number of alkyl halides is 6. The van der Waals surface area contributed by atoms with Gasteiger partial charge in [0.1, 0.15) is 23.4 Å². The fourth-order valence-corrected chi connectivity index (χ4v) is 3.97. The molecule has 0 aliphatic rings. The molecule has 2 atom stereocenters. The Morgan fingerprint density at radius 2 is 1.85 bits per heavy atom. The normalized spacial score (nSPS) is 13.5. The second-order valence-electron chi connectivity index (χ2n) is 8.75. The van der Waals surface area contributed by atoms with Gasteiger partial charge in [0, 0.05) is 18.7 Å². The van der Waals surface area contributed by atoms with Crippen molar-refractivity contribution in [3.8, 4) is 11.4 Å². The standard InChI is InChI=1S/C23H19F7N8O2/c1-9(35-16-6-34-37-21(39)17(16)23(28,29)30)2-10(24)7-38-8-33-15-4-11(14(25)3-12(15)22(38)40)20-32-5-13(18(26)27)19(31)36-20/h3-6,8-10,18H,2,7H2,1H3,(H2,31,32,36)(H2,35,37,39)/t9-,10-/m1/s1. The molecule has 40 heavy (non-hydrogen) atoms. The molecular formula is C23H19F7N8O2. The summed E-state index contributed by atoms with van der Waals surface area (Å²) in [6, 6.07) is 1.00. The molecule has 0 unspecified atom stereocenters. The van der Waals surface area contributed by atoms with Crippen molar-refractivity contribution in [1.29, 1.82) is 0 Å². The summed E-state index contributed by atoms with van der Waals surface area (Å²) in [6.45, 7) is 0.806. The highest BCUT2D eigenvalue weighted by Gasteiger charge is 2.37. The van der Waals surface area contributed by atoms with Crippen LogP contribution in [0.2, 0.25) is 0 Å². The van der Waals surface area contributed by atoms with Gasteiger partial charge >= 0.3 is 6.18 Å². The Kier molecular flexibility index (Phi) is 7.75. The van der Waals surface area contributed by atoms with Crippen molar-refractivity contribution in [2.75, 3.05) is 11.1 Å². The number of hydrogen-bond donors (Lipinski definition) is 3. The molecule has 0 amide bonds. The summed E-state index contributed by atoms with van der Waals surface area (Å²) >= 11 is 0. The maximum absolute atomic E-state index is 14.9. The predicted molar refractivity (Wildman–Crippen MR) is 129 cm³/mol. The molecule has 0 aliphatic carbocycles. The second-order valence-corrected chi connectivity index (χ2v) is 8.75. The highest BCUT2D eigenvalue weighted by molar-refractivity contribution is 5.82. The van der Waals surface area contributed by atoms with Crippen LogP contribution < -0.4 is 22.2 Å². The number of nitrogens with two attached hydrogens (primary N) is 1. The Bertz CT molecular complexity index is 1670. The molecule has 17 heteroatoms. The molecule has 212 valence electrons. The van der Waals surface area contributed by atoms with E-state index in [9.17, 15) is 40.3 Å². The summed E-state index contributed by atoms with van der Waals surface area (Å²) in [4.78, 5) is 35.9. The highest BCUT2D eigenvalue weighted by Crippen LogP contribution is 2.32. The first-order valence-corrected chi connectivity index (χ1v) is 11.4. The Labute approximate surface area is 219 Å². The van der Waals surface area contributed by atoms with Crippen LogP contribution in [0.25, 0.3) is 22.3 Å². The first kappa shape index (κ1) is 28.4. The van der Waals surface area contributed by atoms with Crippen LogP contribution in [0, 0.1) is 5.82 Å². The van der Waals surface area contributed by atoms with Gasteiger partial charge in [-0.05, 0) is 19.1 Å². The molecule has 0 saturated carbocycles. The number of halogens is 7. The summed E-state index contributed by atoms with van der Waals surface area (Å²) in [7, 11) is 0. The third kappa shape index (κ3) is 5.86. The van der Waals surface area contributed by atoms with Gasteiger partial charge in [-0.3, -0.25) is 14.2 Å². The number of anilines is 2. The van der Waals surface area contributed by atoms with E-state index in [1.807, 2.05) is 0 Å². The van der Waals surface area contributed by atoms with Crippen LogP contribution in [0.3, 0.4) is 0 Å². The van der Waals surface area contributed by atoms with Gasteiger partial charge in [-0.25, -0.2) is 37.6 Å². The van der Waals surface area contributed by atoms with Crippen molar-refractivity contribution >= 4 is 22.4 Å². The molecule has 0 aliphatic heterocycles. The first-order valence-electron chi connectivity index (χ1n) is 11.4. The zero-order chi connectivity index (χ0) is 29.4. The molecule has 4 N–H and O–H groups in total. The maximum atomic E-state index is 14.9. The van der Waals surface area contributed by atoms with E-state index in [4.69, 9.17) is 5.73 Å². The summed E-state index contributed by atoms with van der Waals surface area (Å²) in [6.07, 6.45) is -7.57. The van der Waals surface area contributed by atoms with Crippen LogP contribution in [-0.2, 0) is 12.7 Å². The molecule has 10 nitrogen and oxygen atoms in total. The highest BCUT2D eigenvalue weighted by atomic mass is 19.4. The average Bonchev–Trinajstić information content (AvgIpc) is 2.84. The lowest BCUT2D eigenvalue weighted by molar-refractivity contribution is -0.138. The molecule has 3 heterocycles. The number of nitrogens with one attached hydrogen (secondary N) is 2. The number of H-pyrrole nitrogens is 1. The van der Waals surface area contributed by atoms with Gasteiger partial charge < -0.3 is 11.1 Å². The van der Waals surface area contributed by atoms with E-state index in [0.717, 1.165) is 35.4 Å². The fourth-order valence-electron chi connectivity index (χ4n) is 3.97. The molecule has 1 aromatic carbocycles. The zero-order valence-electron chi connectivity index (χ0n) is 20.3. The molecule has 0 radical (unpaired) electrons. The van der Waals surface area contributed by atoms with E-state index in [1.165, 1.54) is 6.92 Å². The molecular weight excluding hydrogens is 553 g/mol. The SMILES string of the molecule is C[C@H](C[C@@H](F)Cn1cnc2cc(-c3ncc(C(F)F)c(N)n3)c(F)cc2c1=O)Nc1cn[nH]c(=O)c1C(F)(F)F. The summed E-state index contributed by atoms with van der Waals surface area (Å²) < 4.78 is 96.0.